The molecule has 212 valence electrons. The van der Waals surface area contributed by atoms with E-state index in [0.29, 0.717) is 21.2 Å². The molecule has 2 unspecified atom stereocenters. The van der Waals surface area contributed by atoms with E-state index in [4.69, 9.17) is 9.47 Å². The maximum Gasteiger partial charge on any atom is 0.317 e. The van der Waals surface area contributed by atoms with E-state index in [-0.39, 0.29) is 19.6 Å². The van der Waals surface area contributed by atoms with Crippen molar-refractivity contribution in [2.45, 2.75) is 31.6 Å². The lowest BCUT2D eigenvalue weighted by Crippen LogP contribution is -2.41. The predicted molar refractivity (Wildman–Crippen MR) is 165 cm³/mol. The second kappa shape index (κ2) is 13.8. The summed E-state index contributed by atoms with van der Waals surface area (Å²) >= 11 is 0. The molecule has 0 aliphatic heterocycles. The molecule has 6 nitrogen and oxygen atoms in total. The first-order valence-corrected chi connectivity index (χ1v) is 17.2. The van der Waals surface area contributed by atoms with Crippen LogP contribution in [-0.2, 0) is 28.2 Å². The fourth-order valence-electron chi connectivity index (χ4n) is 5.09. The summed E-state index contributed by atoms with van der Waals surface area (Å²) in [6, 6.07) is 35.0. The second-order valence-electron chi connectivity index (χ2n) is 9.43. The van der Waals surface area contributed by atoms with Crippen LogP contribution < -0.4 is 21.2 Å². The van der Waals surface area contributed by atoms with Crippen molar-refractivity contribution in [1.29, 1.82) is 0 Å². The Balaban J connectivity index is 1.99. The van der Waals surface area contributed by atoms with Gasteiger partial charge in [0.1, 0.15) is 11.3 Å². The molecule has 0 aliphatic rings. The fourth-order valence-corrected chi connectivity index (χ4v) is 11.5. The molecule has 41 heavy (non-hydrogen) atoms. The zero-order chi connectivity index (χ0) is 29.3. The molecular weight excluding hydrogens is 554 g/mol. The molecular formula is C33H34O6P2. The summed E-state index contributed by atoms with van der Waals surface area (Å²) in [6.07, 6.45) is -0.306. The summed E-state index contributed by atoms with van der Waals surface area (Å²) in [4.78, 5) is 27.6. The number of benzene rings is 4. The molecule has 4 aromatic carbocycles. The van der Waals surface area contributed by atoms with Crippen molar-refractivity contribution in [2.75, 3.05) is 13.2 Å². The predicted octanol–water partition coefficient (Wildman–Crippen LogP) is 5.27. The SMILES string of the molecule is CCOC(=O)C(CC(C(=O)OCC)P(=O)(c1ccccc1)c1ccccc1)P(=O)(c1ccccc1)c1ccccc1. The zero-order valence-corrected chi connectivity index (χ0v) is 25.0. The third kappa shape index (κ3) is 6.30. The lowest BCUT2D eigenvalue weighted by atomic mass is 10.2. The molecule has 4 rings (SSSR count). The van der Waals surface area contributed by atoms with Crippen molar-refractivity contribution in [1.82, 2.24) is 0 Å². The highest BCUT2D eigenvalue weighted by molar-refractivity contribution is 7.81. The van der Waals surface area contributed by atoms with Crippen LogP contribution in [0.2, 0.25) is 0 Å². The van der Waals surface area contributed by atoms with Crippen LogP contribution in [0.3, 0.4) is 0 Å². The number of rotatable bonds is 12. The van der Waals surface area contributed by atoms with Crippen LogP contribution in [0, 0.1) is 0 Å². The van der Waals surface area contributed by atoms with Crippen molar-refractivity contribution in [3.63, 3.8) is 0 Å². The topological polar surface area (TPSA) is 86.7 Å². The molecule has 2 atom stereocenters. The number of ether oxygens (including phenoxy) is 2. The average Bonchev–Trinajstić information content (AvgIpc) is 3.02. The maximum absolute atomic E-state index is 15.4. The van der Waals surface area contributed by atoms with Gasteiger partial charge in [-0.2, -0.15) is 0 Å². The molecule has 0 amide bonds. The minimum atomic E-state index is -3.79. The van der Waals surface area contributed by atoms with Gasteiger partial charge < -0.3 is 18.6 Å². The van der Waals surface area contributed by atoms with Crippen LogP contribution in [0.25, 0.3) is 0 Å². The molecule has 4 aromatic rings. The number of esters is 2. The molecule has 0 bridgehead atoms. The lowest BCUT2D eigenvalue weighted by molar-refractivity contribution is -0.144. The van der Waals surface area contributed by atoms with E-state index < -0.39 is 37.5 Å². The van der Waals surface area contributed by atoms with Gasteiger partial charge >= 0.3 is 11.9 Å². The first-order valence-electron chi connectivity index (χ1n) is 13.6. The zero-order valence-electron chi connectivity index (χ0n) is 23.2. The van der Waals surface area contributed by atoms with Crippen LogP contribution in [0.1, 0.15) is 20.3 Å². The summed E-state index contributed by atoms with van der Waals surface area (Å²) < 4.78 is 41.8. The van der Waals surface area contributed by atoms with Gasteiger partial charge in [-0.25, -0.2) is 0 Å². The Bertz CT molecular complexity index is 1320. The molecule has 8 heteroatoms. The van der Waals surface area contributed by atoms with Crippen molar-refractivity contribution < 1.29 is 28.2 Å². The Morgan fingerprint density at radius 3 is 0.976 bits per heavy atom. The smallest absolute Gasteiger partial charge is 0.317 e. The van der Waals surface area contributed by atoms with E-state index in [1.54, 1.807) is 135 Å². The number of hydrogen-bond acceptors (Lipinski definition) is 6. The number of hydrogen-bond donors (Lipinski definition) is 0. The van der Waals surface area contributed by atoms with Gasteiger partial charge in [-0.3, -0.25) is 9.59 Å². The van der Waals surface area contributed by atoms with E-state index in [2.05, 4.69) is 0 Å². The van der Waals surface area contributed by atoms with E-state index in [1.165, 1.54) is 0 Å². The van der Waals surface area contributed by atoms with Gasteiger partial charge in [0.25, 0.3) is 0 Å². The largest absolute Gasteiger partial charge is 0.465 e. The Labute approximate surface area is 241 Å². The highest BCUT2D eigenvalue weighted by atomic mass is 31.2. The molecule has 0 heterocycles. The molecule has 0 radical (unpaired) electrons. The minimum Gasteiger partial charge on any atom is -0.465 e. The average molecular weight is 589 g/mol. The molecule has 0 aromatic heterocycles. The van der Waals surface area contributed by atoms with E-state index in [0.717, 1.165) is 0 Å². The van der Waals surface area contributed by atoms with Gasteiger partial charge in [-0.05, 0) is 20.3 Å². The quantitative estimate of drug-likeness (QED) is 0.166. The molecule has 0 fully saturated rings. The van der Waals surface area contributed by atoms with Crippen LogP contribution in [0.4, 0.5) is 0 Å². The van der Waals surface area contributed by atoms with Crippen LogP contribution in [0.15, 0.2) is 121 Å². The molecule has 0 saturated heterocycles. The molecule has 0 saturated carbocycles. The van der Waals surface area contributed by atoms with E-state index in [1.807, 2.05) is 0 Å². The van der Waals surface area contributed by atoms with E-state index >= 15 is 9.13 Å². The summed E-state index contributed by atoms with van der Waals surface area (Å²) in [6.45, 7) is 3.45. The molecule has 0 spiro atoms. The highest BCUT2D eigenvalue weighted by Crippen LogP contribution is 2.57. The lowest BCUT2D eigenvalue weighted by Gasteiger charge is -2.33. The molecule has 0 aliphatic carbocycles. The number of carbonyl (C=O) groups excluding carboxylic acids is 2. The van der Waals surface area contributed by atoms with Crippen LogP contribution >= 0.6 is 14.3 Å². The van der Waals surface area contributed by atoms with Crippen molar-refractivity contribution in [3.8, 4) is 0 Å². The van der Waals surface area contributed by atoms with Crippen molar-refractivity contribution in [3.05, 3.63) is 121 Å². The summed E-state index contributed by atoms with van der Waals surface area (Å²) in [5.41, 5.74) is -2.61. The third-order valence-corrected chi connectivity index (χ3v) is 13.9. The third-order valence-electron chi connectivity index (χ3n) is 7.00. The van der Waals surface area contributed by atoms with Gasteiger partial charge in [-0.1, -0.05) is 121 Å². The van der Waals surface area contributed by atoms with Gasteiger partial charge in [0, 0.05) is 21.2 Å². The second-order valence-corrected chi connectivity index (χ2v) is 15.4. The molecule has 0 N–H and O–H groups in total. The first kappa shape index (κ1) is 30.2. The first-order chi connectivity index (χ1) is 19.9. The van der Waals surface area contributed by atoms with Crippen molar-refractivity contribution >= 4 is 47.4 Å². The van der Waals surface area contributed by atoms with E-state index in [9.17, 15) is 9.59 Å². The number of carbonyl (C=O) groups is 2. The van der Waals surface area contributed by atoms with Gasteiger partial charge in [-0.15, -0.1) is 0 Å². The minimum absolute atomic E-state index is 0.0536. The standard InChI is InChI=1S/C33H34O6P2/c1-3-38-32(34)30(40(36,26-17-9-5-10-18-26)27-19-11-6-12-20-27)25-31(33(35)39-4-2)41(37,28-21-13-7-14-22-28)29-23-15-8-16-24-29/h5-24,30-31H,3-4,25H2,1-2H3. The van der Waals surface area contributed by atoms with Gasteiger partial charge in [0.2, 0.25) is 0 Å². The van der Waals surface area contributed by atoms with Gasteiger partial charge in [0.15, 0.2) is 14.3 Å². The summed E-state index contributed by atoms with van der Waals surface area (Å²) in [7, 11) is -7.58. The Kier molecular flexibility index (Phi) is 10.2. The summed E-state index contributed by atoms with van der Waals surface area (Å²) in [5, 5.41) is 1.78. The highest BCUT2D eigenvalue weighted by Gasteiger charge is 2.50. The van der Waals surface area contributed by atoms with Gasteiger partial charge in [0.05, 0.1) is 13.2 Å². The fraction of sp³-hybridized carbons (Fsp3) is 0.212. The Morgan fingerprint density at radius 1 is 0.512 bits per heavy atom. The Hall–Kier alpha value is -3.72. The summed E-state index contributed by atoms with van der Waals surface area (Å²) in [5.74, 6) is -1.43. The normalized spacial score (nSPS) is 13.1. The van der Waals surface area contributed by atoms with Crippen molar-refractivity contribution in [2.24, 2.45) is 0 Å². The Morgan fingerprint density at radius 2 is 0.756 bits per heavy atom. The van der Waals surface area contributed by atoms with Crippen LogP contribution in [-0.4, -0.2) is 36.5 Å². The monoisotopic (exact) mass is 588 g/mol. The maximum atomic E-state index is 15.4. The van der Waals surface area contributed by atoms with Crippen LogP contribution in [0.5, 0.6) is 0 Å².